The van der Waals surface area contributed by atoms with Crippen molar-refractivity contribution >= 4 is 5.97 Å². The van der Waals surface area contributed by atoms with Crippen molar-refractivity contribution in [2.75, 3.05) is 7.11 Å². The molecule has 0 radical (unpaired) electrons. The Bertz CT molecular complexity index is 404. The monoisotopic (exact) mass is 272 g/mol. The minimum atomic E-state index is -2.97. The molecule has 1 N–H and O–H groups in total. The topological polar surface area (TPSA) is 46.5 Å². The van der Waals surface area contributed by atoms with Gasteiger partial charge >= 0.3 is 5.97 Å². The smallest absolute Gasteiger partial charge is 0.317 e. The normalized spacial score (nSPS) is 14.2. The summed E-state index contributed by atoms with van der Waals surface area (Å²) in [5, 5.41) is 9.89. The fourth-order valence-electron chi connectivity index (χ4n) is 1.88. The third kappa shape index (κ3) is 3.99. The van der Waals surface area contributed by atoms with Gasteiger partial charge in [-0.25, -0.2) is 8.78 Å². The number of alkyl halides is 2. The molecule has 19 heavy (non-hydrogen) atoms. The molecule has 0 aliphatic carbocycles. The van der Waals surface area contributed by atoms with Crippen LogP contribution >= 0.6 is 0 Å². The molecular formula is C14H18F2O3. The van der Waals surface area contributed by atoms with Crippen LogP contribution in [0.5, 0.6) is 0 Å². The molecule has 2 atom stereocenters. The zero-order chi connectivity index (χ0) is 14.4. The summed E-state index contributed by atoms with van der Waals surface area (Å²) in [5.74, 6) is -2.97. The van der Waals surface area contributed by atoms with E-state index < -0.39 is 24.4 Å². The Morgan fingerprint density at radius 2 is 1.89 bits per heavy atom. The molecule has 0 aliphatic heterocycles. The van der Waals surface area contributed by atoms with Gasteiger partial charge in [-0.2, -0.15) is 0 Å². The molecule has 0 saturated heterocycles. The van der Waals surface area contributed by atoms with E-state index in [-0.39, 0.29) is 5.56 Å². The lowest BCUT2D eigenvalue weighted by molar-refractivity contribution is -0.157. The molecule has 1 rings (SSSR count). The van der Waals surface area contributed by atoms with Crippen LogP contribution in [-0.2, 0) is 16.0 Å². The predicted molar refractivity (Wildman–Crippen MR) is 66.9 cm³/mol. The fraction of sp³-hybridized carbons (Fsp3) is 0.500. The molecule has 0 amide bonds. The number of carbonyl (C=O) groups is 1. The van der Waals surface area contributed by atoms with Crippen molar-refractivity contribution in [3.63, 3.8) is 0 Å². The maximum Gasteiger partial charge on any atom is 0.317 e. The summed E-state index contributed by atoms with van der Waals surface area (Å²) in [6, 6.07) is 6.66. The quantitative estimate of drug-likeness (QED) is 0.810. The van der Waals surface area contributed by atoms with Gasteiger partial charge in [0, 0.05) is 0 Å². The second kappa shape index (κ2) is 7.19. The molecule has 1 aromatic rings. The van der Waals surface area contributed by atoms with E-state index in [4.69, 9.17) is 0 Å². The maximum absolute atomic E-state index is 12.8. The molecule has 0 spiro atoms. The Kier molecular flexibility index (Phi) is 5.89. The summed E-state index contributed by atoms with van der Waals surface area (Å²) in [6.45, 7) is 2.03. The van der Waals surface area contributed by atoms with Gasteiger partial charge in [0.2, 0.25) is 0 Å². The Balaban J connectivity index is 2.90. The van der Waals surface area contributed by atoms with Gasteiger partial charge in [-0.1, -0.05) is 37.6 Å². The van der Waals surface area contributed by atoms with Crippen molar-refractivity contribution in [1.82, 2.24) is 0 Å². The summed E-state index contributed by atoms with van der Waals surface area (Å²) < 4.78 is 29.9. The van der Waals surface area contributed by atoms with Crippen LogP contribution < -0.4 is 0 Å². The molecule has 0 aliphatic rings. The summed E-state index contributed by atoms with van der Waals surface area (Å²) in [7, 11) is 1.02. The van der Waals surface area contributed by atoms with Crippen LogP contribution in [-0.4, -0.2) is 24.6 Å². The number of ether oxygens (including phenoxy) is 1. The highest BCUT2D eigenvalue weighted by atomic mass is 19.3. The number of aliphatic hydroxyl groups excluding tert-OH is 1. The average molecular weight is 272 g/mol. The van der Waals surface area contributed by atoms with E-state index in [1.54, 1.807) is 24.3 Å². The van der Waals surface area contributed by atoms with Crippen LogP contribution in [0.4, 0.5) is 8.78 Å². The van der Waals surface area contributed by atoms with Crippen LogP contribution in [0.1, 0.15) is 30.6 Å². The van der Waals surface area contributed by atoms with Crippen molar-refractivity contribution in [3.05, 3.63) is 35.4 Å². The first-order valence-corrected chi connectivity index (χ1v) is 6.14. The van der Waals surface area contributed by atoms with Crippen molar-refractivity contribution < 1.29 is 23.4 Å². The van der Waals surface area contributed by atoms with E-state index in [0.717, 1.165) is 25.5 Å². The summed E-state index contributed by atoms with van der Waals surface area (Å²) in [6.07, 6.45) is -2.68. The van der Waals surface area contributed by atoms with Gasteiger partial charge in [-0.3, -0.25) is 4.79 Å². The Morgan fingerprint density at radius 3 is 2.32 bits per heavy atom. The van der Waals surface area contributed by atoms with Gasteiger partial charge in [0.1, 0.15) is 5.92 Å². The van der Waals surface area contributed by atoms with Gasteiger partial charge in [-0.15, -0.1) is 0 Å². The van der Waals surface area contributed by atoms with Crippen LogP contribution in [0.25, 0.3) is 0 Å². The number of aliphatic hydroxyl groups is 1. The van der Waals surface area contributed by atoms with Crippen molar-refractivity contribution in [1.29, 1.82) is 0 Å². The van der Waals surface area contributed by atoms with Crippen molar-refractivity contribution in [2.45, 2.75) is 32.3 Å². The fourth-order valence-corrected chi connectivity index (χ4v) is 1.88. The molecule has 3 nitrogen and oxygen atoms in total. The minimum absolute atomic E-state index is 0.288. The molecule has 0 saturated carbocycles. The summed E-state index contributed by atoms with van der Waals surface area (Å²) >= 11 is 0. The van der Waals surface area contributed by atoms with Crippen molar-refractivity contribution in [3.8, 4) is 0 Å². The van der Waals surface area contributed by atoms with E-state index in [1.807, 2.05) is 6.92 Å². The molecular weight excluding hydrogens is 254 g/mol. The highest BCUT2D eigenvalue weighted by Gasteiger charge is 2.37. The zero-order valence-electron chi connectivity index (χ0n) is 11.0. The molecule has 2 unspecified atom stereocenters. The average Bonchev–Trinajstić information content (AvgIpc) is 2.39. The number of hydrogen-bond acceptors (Lipinski definition) is 3. The van der Waals surface area contributed by atoms with E-state index in [2.05, 4.69) is 4.74 Å². The van der Waals surface area contributed by atoms with E-state index in [0.29, 0.717) is 0 Å². The molecule has 0 aromatic heterocycles. The van der Waals surface area contributed by atoms with E-state index in [9.17, 15) is 18.7 Å². The van der Waals surface area contributed by atoms with E-state index >= 15 is 0 Å². The van der Waals surface area contributed by atoms with Gasteiger partial charge in [-0.05, 0) is 17.5 Å². The van der Waals surface area contributed by atoms with E-state index in [1.165, 1.54) is 0 Å². The molecule has 0 heterocycles. The number of esters is 1. The first-order valence-electron chi connectivity index (χ1n) is 6.14. The highest BCUT2D eigenvalue weighted by molar-refractivity contribution is 5.73. The summed E-state index contributed by atoms with van der Waals surface area (Å²) in [4.78, 5) is 11.3. The lowest BCUT2D eigenvalue weighted by Gasteiger charge is -2.20. The lowest BCUT2D eigenvalue weighted by Crippen LogP contribution is -2.30. The minimum Gasteiger partial charge on any atom is -0.469 e. The van der Waals surface area contributed by atoms with Gasteiger partial charge in [0.05, 0.1) is 13.2 Å². The largest absolute Gasteiger partial charge is 0.469 e. The van der Waals surface area contributed by atoms with Gasteiger partial charge in [0.25, 0.3) is 6.43 Å². The third-order valence-corrected chi connectivity index (χ3v) is 2.94. The number of carbonyl (C=O) groups excluding carboxylic acids is 1. The maximum atomic E-state index is 12.8. The Labute approximate surface area is 111 Å². The van der Waals surface area contributed by atoms with Crippen LogP contribution in [0.2, 0.25) is 0 Å². The molecule has 5 heteroatoms. The molecule has 106 valence electrons. The number of methoxy groups -OCH3 is 1. The van der Waals surface area contributed by atoms with Crippen LogP contribution in [0.3, 0.4) is 0 Å². The second-order valence-electron chi connectivity index (χ2n) is 4.32. The van der Waals surface area contributed by atoms with Crippen LogP contribution in [0, 0.1) is 5.92 Å². The number of rotatable bonds is 6. The first-order chi connectivity index (χ1) is 9.01. The number of aryl methyl sites for hydroxylation is 1. The standard InChI is InChI=1S/C14H18F2O3/c1-3-4-9-5-7-10(8-6-9)12(17)11(13(15)16)14(18)19-2/h5-8,11-13,17H,3-4H2,1-2H3. The third-order valence-electron chi connectivity index (χ3n) is 2.94. The SMILES string of the molecule is CCCc1ccc(C(O)C(C(=O)OC)C(F)F)cc1. The predicted octanol–water partition coefficient (Wildman–Crippen LogP) is 2.73. The number of hydrogen-bond donors (Lipinski definition) is 1. The Hall–Kier alpha value is -1.49. The Morgan fingerprint density at radius 1 is 1.32 bits per heavy atom. The first kappa shape index (κ1) is 15.6. The molecule has 0 bridgehead atoms. The highest BCUT2D eigenvalue weighted by Crippen LogP contribution is 2.28. The zero-order valence-corrected chi connectivity index (χ0v) is 11.0. The van der Waals surface area contributed by atoms with Crippen molar-refractivity contribution in [2.24, 2.45) is 5.92 Å². The van der Waals surface area contributed by atoms with Crippen LogP contribution in [0.15, 0.2) is 24.3 Å². The number of halogens is 2. The molecule has 0 fully saturated rings. The number of benzene rings is 1. The lowest BCUT2D eigenvalue weighted by atomic mass is 9.95. The van der Waals surface area contributed by atoms with Gasteiger partial charge < -0.3 is 9.84 Å². The second-order valence-corrected chi connectivity index (χ2v) is 4.32. The molecule has 1 aromatic carbocycles. The summed E-state index contributed by atoms with van der Waals surface area (Å²) in [5.41, 5.74) is 1.35. The van der Waals surface area contributed by atoms with Gasteiger partial charge in [0.15, 0.2) is 0 Å².